The van der Waals surface area contributed by atoms with Gasteiger partial charge < -0.3 is 11.1 Å². The first-order valence-corrected chi connectivity index (χ1v) is 8.38. The lowest BCUT2D eigenvalue weighted by Crippen LogP contribution is -2.53. The van der Waals surface area contributed by atoms with Crippen molar-refractivity contribution in [2.45, 2.75) is 50.1 Å². The van der Waals surface area contributed by atoms with Crippen molar-refractivity contribution in [2.24, 2.45) is 0 Å². The molecular weight excluding hydrogens is 284 g/mol. The SMILES string of the molecule is CNC(c1cc(Cl)cnc1N)C1(N2CCCC2)CCCC1. The maximum absolute atomic E-state index is 6.17. The van der Waals surface area contributed by atoms with Crippen molar-refractivity contribution in [3.05, 3.63) is 22.8 Å². The molecule has 1 aromatic heterocycles. The predicted octanol–water partition coefficient (Wildman–Crippen LogP) is 2.99. The lowest BCUT2D eigenvalue weighted by atomic mass is 9.82. The Hall–Kier alpha value is -0.840. The van der Waals surface area contributed by atoms with E-state index in [1.54, 1.807) is 6.20 Å². The topological polar surface area (TPSA) is 54.2 Å². The zero-order valence-electron chi connectivity index (χ0n) is 12.7. The van der Waals surface area contributed by atoms with Gasteiger partial charge in [0.1, 0.15) is 5.82 Å². The van der Waals surface area contributed by atoms with Crippen LogP contribution in [0, 0.1) is 0 Å². The highest BCUT2D eigenvalue weighted by atomic mass is 35.5. The van der Waals surface area contributed by atoms with Gasteiger partial charge in [0, 0.05) is 17.3 Å². The number of rotatable bonds is 4. The maximum Gasteiger partial charge on any atom is 0.128 e. The number of halogens is 1. The fourth-order valence-electron chi connectivity index (χ4n) is 4.35. The Morgan fingerprint density at radius 2 is 1.95 bits per heavy atom. The summed E-state index contributed by atoms with van der Waals surface area (Å²) < 4.78 is 0. The van der Waals surface area contributed by atoms with E-state index < -0.39 is 0 Å². The van der Waals surface area contributed by atoms with Gasteiger partial charge in [-0.25, -0.2) is 4.98 Å². The summed E-state index contributed by atoms with van der Waals surface area (Å²) in [5.41, 5.74) is 7.39. The van der Waals surface area contributed by atoms with Crippen LogP contribution in [-0.2, 0) is 0 Å². The second-order valence-electron chi connectivity index (χ2n) is 6.35. The summed E-state index contributed by atoms with van der Waals surface area (Å²) in [6, 6.07) is 2.19. The molecule has 1 atom stereocenters. The third-order valence-electron chi connectivity index (χ3n) is 5.26. The van der Waals surface area contributed by atoms with E-state index in [-0.39, 0.29) is 11.6 Å². The fourth-order valence-corrected chi connectivity index (χ4v) is 4.51. The second-order valence-corrected chi connectivity index (χ2v) is 6.79. The minimum absolute atomic E-state index is 0.172. The summed E-state index contributed by atoms with van der Waals surface area (Å²) in [5, 5.41) is 4.19. The predicted molar refractivity (Wildman–Crippen MR) is 87.5 cm³/mol. The van der Waals surface area contributed by atoms with E-state index in [1.807, 2.05) is 13.1 Å². The smallest absolute Gasteiger partial charge is 0.128 e. The Labute approximate surface area is 132 Å². The summed E-state index contributed by atoms with van der Waals surface area (Å²) in [7, 11) is 2.03. The number of nitrogens with one attached hydrogen (secondary N) is 1. The molecule has 116 valence electrons. The molecule has 0 radical (unpaired) electrons. The van der Waals surface area contributed by atoms with Crippen LogP contribution in [0.5, 0.6) is 0 Å². The zero-order chi connectivity index (χ0) is 14.9. The first-order chi connectivity index (χ1) is 10.2. The highest BCUT2D eigenvalue weighted by Crippen LogP contribution is 2.46. The Morgan fingerprint density at radius 1 is 1.29 bits per heavy atom. The minimum atomic E-state index is 0.172. The van der Waals surface area contributed by atoms with E-state index in [1.165, 1.54) is 51.6 Å². The summed E-state index contributed by atoms with van der Waals surface area (Å²) in [6.07, 6.45) is 9.29. The lowest BCUT2D eigenvalue weighted by molar-refractivity contribution is 0.0798. The molecule has 4 nitrogen and oxygen atoms in total. The quantitative estimate of drug-likeness (QED) is 0.898. The number of nitrogen functional groups attached to an aromatic ring is 1. The van der Waals surface area contributed by atoms with E-state index in [0.29, 0.717) is 10.8 Å². The first kappa shape index (κ1) is 15.1. The van der Waals surface area contributed by atoms with Gasteiger partial charge in [-0.2, -0.15) is 0 Å². The lowest BCUT2D eigenvalue weighted by Gasteiger charge is -2.45. The Morgan fingerprint density at radius 3 is 2.57 bits per heavy atom. The monoisotopic (exact) mass is 308 g/mol. The summed E-state index contributed by atoms with van der Waals surface area (Å²) in [5.74, 6) is 0.601. The van der Waals surface area contributed by atoms with Gasteiger partial charge in [-0.05, 0) is 51.9 Å². The third kappa shape index (κ3) is 2.65. The van der Waals surface area contributed by atoms with Crippen LogP contribution in [0.4, 0.5) is 5.82 Å². The van der Waals surface area contributed by atoms with Crippen molar-refractivity contribution in [3.8, 4) is 0 Å². The molecule has 0 spiro atoms. The molecule has 5 heteroatoms. The van der Waals surface area contributed by atoms with E-state index in [0.717, 1.165) is 5.56 Å². The molecule has 1 aromatic rings. The van der Waals surface area contributed by atoms with Gasteiger partial charge in [0.2, 0.25) is 0 Å². The number of nitrogens with zero attached hydrogens (tertiary/aromatic N) is 2. The van der Waals surface area contributed by atoms with Crippen molar-refractivity contribution in [2.75, 3.05) is 25.9 Å². The molecule has 1 aliphatic heterocycles. The second kappa shape index (κ2) is 6.11. The van der Waals surface area contributed by atoms with Crippen molar-refractivity contribution in [3.63, 3.8) is 0 Å². The highest BCUT2D eigenvalue weighted by Gasteiger charge is 2.47. The van der Waals surface area contributed by atoms with Gasteiger partial charge in [0.05, 0.1) is 11.1 Å². The zero-order valence-corrected chi connectivity index (χ0v) is 13.5. The van der Waals surface area contributed by atoms with Crippen LogP contribution in [0.1, 0.15) is 50.1 Å². The minimum Gasteiger partial charge on any atom is -0.383 e. The van der Waals surface area contributed by atoms with Gasteiger partial charge in [0.15, 0.2) is 0 Å². The molecule has 1 aliphatic carbocycles. The van der Waals surface area contributed by atoms with Crippen LogP contribution in [-0.4, -0.2) is 35.6 Å². The number of nitrogens with two attached hydrogens (primary N) is 1. The van der Waals surface area contributed by atoms with Crippen molar-refractivity contribution in [1.82, 2.24) is 15.2 Å². The van der Waals surface area contributed by atoms with Crippen LogP contribution in [0.2, 0.25) is 5.02 Å². The third-order valence-corrected chi connectivity index (χ3v) is 5.47. The van der Waals surface area contributed by atoms with Crippen LogP contribution in [0.25, 0.3) is 0 Å². The molecule has 1 saturated heterocycles. The highest BCUT2D eigenvalue weighted by molar-refractivity contribution is 6.30. The van der Waals surface area contributed by atoms with E-state index in [4.69, 9.17) is 17.3 Å². The average molecular weight is 309 g/mol. The molecule has 3 N–H and O–H groups in total. The first-order valence-electron chi connectivity index (χ1n) is 8.00. The van der Waals surface area contributed by atoms with E-state index in [2.05, 4.69) is 15.2 Å². The molecule has 0 amide bonds. The Balaban J connectivity index is 2.01. The van der Waals surface area contributed by atoms with Crippen LogP contribution >= 0.6 is 11.6 Å². The molecule has 21 heavy (non-hydrogen) atoms. The number of hydrogen-bond donors (Lipinski definition) is 2. The molecule has 2 fully saturated rings. The number of aromatic nitrogens is 1. The summed E-state index contributed by atoms with van der Waals surface area (Å²) in [6.45, 7) is 2.40. The van der Waals surface area contributed by atoms with Gasteiger partial charge in [0.25, 0.3) is 0 Å². The van der Waals surface area contributed by atoms with Crippen molar-refractivity contribution in [1.29, 1.82) is 0 Å². The molecule has 2 heterocycles. The standard InChI is InChI=1S/C16H25ClN4/c1-19-14(13-10-12(17)11-20-15(13)18)16(6-2-3-7-16)21-8-4-5-9-21/h10-11,14,19H,2-9H2,1H3,(H2,18,20). The van der Waals surface area contributed by atoms with Gasteiger partial charge >= 0.3 is 0 Å². The Kier molecular flexibility index (Phi) is 4.38. The van der Waals surface area contributed by atoms with Crippen molar-refractivity contribution < 1.29 is 0 Å². The van der Waals surface area contributed by atoms with E-state index in [9.17, 15) is 0 Å². The van der Waals surface area contributed by atoms with Crippen LogP contribution in [0.3, 0.4) is 0 Å². The number of likely N-dealkylation sites (N-methyl/N-ethyl adjacent to an activating group) is 1. The van der Waals surface area contributed by atoms with Gasteiger partial charge in [-0.1, -0.05) is 24.4 Å². The van der Waals surface area contributed by atoms with Gasteiger partial charge in [-0.15, -0.1) is 0 Å². The maximum atomic E-state index is 6.17. The molecule has 2 aliphatic rings. The molecule has 1 saturated carbocycles. The van der Waals surface area contributed by atoms with Gasteiger partial charge in [-0.3, -0.25) is 4.90 Å². The van der Waals surface area contributed by atoms with Crippen molar-refractivity contribution >= 4 is 17.4 Å². The number of likely N-dealkylation sites (tertiary alicyclic amines) is 1. The summed E-state index contributed by atoms with van der Waals surface area (Å²) in [4.78, 5) is 6.95. The molecular formula is C16H25ClN4. The average Bonchev–Trinajstić information content (AvgIpc) is 3.14. The molecule has 0 aromatic carbocycles. The largest absolute Gasteiger partial charge is 0.383 e. The molecule has 1 unspecified atom stereocenters. The Bertz CT molecular complexity index is 493. The fraction of sp³-hybridized carbons (Fsp3) is 0.688. The van der Waals surface area contributed by atoms with Crippen LogP contribution in [0.15, 0.2) is 12.3 Å². The van der Waals surface area contributed by atoms with Crippen LogP contribution < -0.4 is 11.1 Å². The normalized spacial score (nSPS) is 23.5. The molecule has 0 bridgehead atoms. The van der Waals surface area contributed by atoms with E-state index >= 15 is 0 Å². The number of hydrogen-bond acceptors (Lipinski definition) is 4. The number of pyridine rings is 1. The summed E-state index contributed by atoms with van der Waals surface area (Å²) >= 11 is 6.17. The number of anilines is 1. The molecule has 3 rings (SSSR count).